The van der Waals surface area contributed by atoms with E-state index in [9.17, 15) is 19.8 Å². The molecule has 0 spiro atoms. The van der Waals surface area contributed by atoms with Crippen LogP contribution in [0.2, 0.25) is 0 Å². The lowest BCUT2D eigenvalue weighted by molar-refractivity contribution is -0.151. The summed E-state index contributed by atoms with van der Waals surface area (Å²) in [5.41, 5.74) is 0. The number of rotatable bonds is 46. The number of nitrogens with one attached hydrogen (secondary N) is 1. The number of hydrogen-bond donors (Lipinski definition) is 3. The smallest absolute Gasteiger partial charge is 0.306 e. The molecule has 3 unspecified atom stereocenters. The van der Waals surface area contributed by atoms with Crippen LogP contribution in [0.3, 0.4) is 0 Å². The number of carbonyl (C=O) groups excluding carboxylic acids is 2. The van der Waals surface area contributed by atoms with Crippen LogP contribution in [-0.2, 0) is 14.3 Å². The first-order valence-electron chi connectivity index (χ1n) is 25.6. The largest absolute Gasteiger partial charge is 0.462 e. The van der Waals surface area contributed by atoms with Crippen molar-refractivity contribution in [1.82, 2.24) is 5.32 Å². The minimum atomic E-state index is -0.794. The van der Waals surface area contributed by atoms with Gasteiger partial charge in [-0.2, -0.15) is 0 Å². The summed E-state index contributed by atoms with van der Waals surface area (Å²) >= 11 is 0. The summed E-state index contributed by atoms with van der Waals surface area (Å²) in [5, 5.41) is 23.7. The molecule has 58 heavy (non-hydrogen) atoms. The van der Waals surface area contributed by atoms with Crippen LogP contribution in [-0.4, -0.2) is 46.9 Å². The van der Waals surface area contributed by atoms with Gasteiger partial charge in [-0.3, -0.25) is 9.59 Å². The molecule has 0 bridgehead atoms. The first kappa shape index (κ1) is 56.3. The Bertz CT molecular complexity index is 919. The maximum absolute atomic E-state index is 13.2. The number of carbonyl (C=O) groups is 2. The van der Waals surface area contributed by atoms with E-state index in [1.165, 1.54) is 167 Å². The van der Waals surface area contributed by atoms with Gasteiger partial charge < -0.3 is 20.3 Å². The van der Waals surface area contributed by atoms with Crippen LogP contribution in [0.15, 0.2) is 24.3 Å². The topological polar surface area (TPSA) is 95.9 Å². The van der Waals surface area contributed by atoms with Crippen molar-refractivity contribution in [3.05, 3.63) is 24.3 Å². The molecule has 0 radical (unpaired) electrons. The van der Waals surface area contributed by atoms with Crippen LogP contribution in [0.5, 0.6) is 0 Å². The van der Waals surface area contributed by atoms with Crippen LogP contribution in [0.4, 0.5) is 0 Å². The maximum Gasteiger partial charge on any atom is 0.306 e. The molecule has 342 valence electrons. The SMILES string of the molecule is CCCCCCCCC/C=C/C=C/CCCC(CC(=O)NC(CO)C(O)CCCCCCCCCCCCCCC)OC(=O)CCCCCCCCCCCCCC. The van der Waals surface area contributed by atoms with Crippen molar-refractivity contribution in [2.45, 2.75) is 289 Å². The molecule has 0 heterocycles. The molecule has 0 aliphatic carbocycles. The quantitative estimate of drug-likeness (QED) is 0.0323. The van der Waals surface area contributed by atoms with E-state index >= 15 is 0 Å². The average Bonchev–Trinajstić information content (AvgIpc) is 3.22. The number of hydrogen-bond acceptors (Lipinski definition) is 5. The van der Waals surface area contributed by atoms with Gasteiger partial charge >= 0.3 is 5.97 Å². The molecule has 0 rings (SSSR count). The second-order valence-corrected chi connectivity index (χ2v) is 17.6. The second kappa shape index (κ2) is 46.4. The monoisotopic (exact) mass is 818 g/mol. The van der Waals surface area contributed by atoms with E-state index in [-0.39, 0.29) is 24.9 Å². The third-order valence-corrected chi connectivity index (χ3v) is 11.8. The molecule has 0 fully saturated rings. The zero-order chi connectivity index (χ0) is 42.4. The molecule has 6 heteroatoms. The van der Waals surface area contributed by atoms with Crippen molar-refractivity contribution < 1.29 is 24.5 Å². The van der Waals surface area contributed by atoms with Gasteiger partial charge in [0.1, 0.15) is 6.10 Å². The Balaban J connectivity index is 4.62. The van der Waals surface area contributed by atoms with E-state index in [2.05, 4.69) is 50.4 Å². The predicted octanol–water partition coefficient (Wildman–Crippen LogP) is 15.1. The van der Waals surface area contributed by atoms with E-state index in [4.69, 9.17) is 4.74 Å². The molecule has 3 atom stereocenters. The fourth-order valence-electron chi connectivity index (χ4n) is 7.90. The highest BCUT2D eigenvalue weighted by Gasteiger charge is 2.24. The highest BCUT2D eigenvalue weighted by Crippen LogP contribution is 2.17. The zero-order valence-electron chi connectivity index (χ0n) is 38.9. The molecular formula is C52H99NO5. The first-order chi connectivity index (χ1) is 28.5. The number of unbranched alkanes of at least 4 members (excludes halogenated alkanes) is 31. The molecule has 0 saturated carbocycles. The van der Waals surface area contributed by atoms with Crippen molar-refractivity contribution in [1.29, 1.82) is 0 Å². The molecule has 0 aromatic heterocycles. The molecule has 0 saturated heterocycles. The predicted molar refractivity (Wildman–Crippen MR) is 250 cm³/mol. The van der Waals surface area contributed by atoms with E-state index in [1.807, 2.05) is 0 Å². The van der Waals surface area contributed by atoms with Gasteiger partial charge in [0.15, 0.2) is 0 Å². The molecular weight excluding hydrogens is 719 g/mol. The molecule has 0 aliphatic heterocycles. The second-order valence-electron chi connectivity index (χ2n) is 17.6. The minimum Gasteiger partial charge on any atom is -0.462 e. The third kappa shape index (κ3) is 41.1. The van der Waals surface area contributed by atoms with Crippen molar-refractivity contribution in [2.75, 3.05) is 6.61 Å². The Morgan fingerprint density at radius 1 is 0.500 bits per heavy atom. The normalized spacial score (nSPS) is 13.4. The van der Waals surface area contributed by atoms with E-state index in [0.717, 1.165) is 57.8 Å². The molecule has 0 aromatic carbocycles. The average molecular weight is 818 g/mol. The fourth-order valence-corrected chi connectivity index (χ4v) is 7.90. The summed E-state index contributed by atoms with van der Waals surface area (Å²) < 4.78 is 5.90. The Kier molecular flexibility index (Phi) is 45.1. The van der Waals surface area contributed by atoms with E-state index in [0.29, 0.717) is 19.3 Å². The van der Waals surface area contributed by atoms with Crippen molar-refractivity contribution in [3.63, 3.8) is 0 Å². The van der Waals surface area contributed by atoms with Crippen LogP contribution >= 0.6 is 0 Å². The Labute approximate surface area is 361 Å². The highest BCUT2D eigenvalue weighted by atomic mass is 16.5. The first-order valence-corrected chi connectivity index (χ1v) is 25.6. The van der Waals surface area contributed by atoms with Crippen molar-refractivity contribution >= 4 is 11.9 Å². The van der Waals surface area contributed by atoms with E-state index < -0.39 is 18.2 Å². The van der Waals surface area contributed by atoms with Crippen LogP contribution in [0.1, 0.15) is 271 Å². The fraction of sp³-hybridized carbons (Fsp3) is 0.885. The van der Waals surface area contributed by atoms with Gasteiger partial charge in [0, 0.05) is 6.42 Å². The Hall–Kier alpha value is -1.66. The van der Waals surface area contributed by atoms with Gasteiger partial charge in [0.25, 0.3) is 0 Å². The van der Waals surface area contributed by atoms with Gasteiger partial charge in [0.05, 0.1) is 25.2 Å². The van der Waals surface area contributed by atoms with Gasteiger partial charge in [-0.15, -0.1) is 0 Å². The molecule has 0 aliphatic rings. The lowest BCUT2D eigenvalue weighted by Crippen LogP contribution is -2.46. The van der Waals surface area contributed by atoms with Crippen molar-refractivity contribution in [3.8, 4) is 0 Å². The summed E-state index contributed by atoms with van der Waals surface area (Å²) in [6.45, 7) is 6.47. The third-order valence-electron chi connectivity index (χ3n) is 11.8. The molecule has 6 nitrogen and oxygen atoms in total. The number of ether oxygens (including phenoxy) is 1. The van der Waals surface area contributed by atoms with Crippen LogP contribution < -0.4 is 5.32 Å². The zero-order valence-corrected chi connectivity index (χ0v) is 38.9. The van der Waals surface area contributed by atoms with Gasteiger partial charge in [-0.1, -0.05) is 238 Å². The summed E-state index contributed by atoms with van der Waals surface area (Å²) in [7, 11) is 0. The van der Waals surface area contributed by atoms with Crippen LogP contribution in [0, 0.1) is 0 Å². The number of allylic oxidation sites excluding steroid dienone is 4. The Morgan fingerprint density at radius 3 is 1.31 bits per heavy atom. The highest BCUT2D eigenvalue weighted by molar-refractivity contribution is 5.77. The van der Waals surface area contributed by atoms with Gasteiger partial charge in [0.2, 0.25) is 5.91 Å². The summed E-state index contributed by atoms with van der Waals surface area (Å²) in [4.78, 5) is 26.1. The number of esters is 1. The minimum absolute atomic E-state index is 0.0498. The lowest BCUT2D eigenvalue weighted by Gasteiger charge is -2.24. The van der Waals surface area contributed by atoms with E-state index in [1.54, 1.807) is 0 Å². The summed E-state index contributed by atoms with van der Waals surface area (Å²) in [6.07, 6.45) is 52.4. The summed E-state index contributed by atoms with van der Waals surface area (Å²) in [5.74, 6) is -0.509. The standard InChI is InChI=1S/C52H99NO5/c1-4-7-10-13-16-19-22-25-27-28-31-34-37-40-43-48(58-52(57)45-42-39-36-33-30-24-21-18-15-12-9-6-3)46-51(56)53-49(47-54)50(55)44-41-38-35-32-29-26-23-20-17-14-11-8-5-2/h27-28,31,34,48-50,54-55H,4-26,29-30,32-33,35-47H2,1-3H3,(H,53,56)/b28-27+,34-31+. The number of aliphatic hydroxyl groups excluding tert-OH is 2. The van der Waals surface area contributed by atoms with Gasteiger partial charge in [-0.25, -0.2) is 0 Å². The van der Waals surface area contributed by atoms with Gasteiger partial charge in [-0.05, 0) is 44.9 Å². The van der Waals surface area contributed by atoms with Crippen LogP contribution in [0.25, 0.3) is 0 Å². The summed E-state index contributed by atoms with van der Waals surface area (Å²) in [6, 6.07) is -0.710. The maximum atomic E-state index is 13.2. The lowest BCUT2D eigenvalue weighted by atomic mass is 10.0. The molecule has 0 aromatic rings. The number of aliphatic hydroxyl groups is 2. The van der Waals surface area contributed by atoms with Crippen molar-refractivity contribution in [2.24, 2.45) is 0 Å². The Morgan fingerprint density at radius 2 is 0.879 bits per heavy atom. The molecule has 1 amide bonds. The molecule has 3 N–H and O–H groups in total. The number of amides is 1.